The minimum atomic E-state index is -0.402. The molecule has 0 radical (unpaired) electrons. The second-order valence-corrected chi connectivity index (χ2v) is 5.99. The maximum Gasteiger partial charge on any atom is 0.284 e. The third-order valence-electron chi connectivity index (χ3n) is 4.10. The van der Waals surface area contributed by atoms with E-state index in [0.29, 0.717) is 16.5 Å². The van der Waals surface area contributed by atoms with E-state index in [-0.39, 0.29) is 17.1 Å². The third kappa shape index (κ3) is 2.34. The molecule has 3 heterocycles. The standard InChI is InChI=1S/C16H14ClFN4O/c17-12-6-8-21-14(12)16(23)22(11-4-1-3-10(18)9-11)15(20-21)13-5-2-7-19-13/h1,3-4,6,8-9,13,19H,2,5,7H2/t13-/m0/s1. The lowest BCUT2D eigenvalue weighted by molar-refractivity contribution is 0.558. The number of halogens is 2. The first-order chi connectivity index (χ1) is 11.1. The van der Waals surface area contributed by atoms with Gasteiger partial charge in [-0.2, -0.15) is 5.10 Å². The smallest absolute Gasteiger partial charge is 0.284 e. The maximum absolute atomic E-state index is 13.6. The molecular formula is C16H14ClFN4O. The van der Waals surface area contributed by atoms with Crippen molar-refractivity contribution in [3.05, 3.63) is 63.5 Å². The lowest BCUT2D eigenvalue weighted by Crippen LogP contribution is -2.30. The molecule has 1 N–H and O–H groups in total. The Labute approximate surface area is 136 Å². The van der Waals surface area contributed by atoms with Crippen LogP contribution in [0.1, 0.15) is 24.7 Å². The molecule has 1 fully saturated rings. The molecular weight excluding hydrogens is 319 g/mol. The van der Waals surface area contributed by atoms with Gasteiger partial charge in [0.25, 0.3) is 5.56 Å². The summed E-state index contributed by atoms with van der Waals surface area (Å²) in [6.45, 7) is 0.869. The van der Waals surface area contributed by atoms with Crippen LogP contribution in [0.3, 0.4) is 0 Å². The molecule has 0 saturated carbocycles. The summed E-state index contributed by atoms with van der Waals surface area (Å²) in [6, 6.07) is 7.53. The summed E-state index contributed by atoms with van der Waals surface area (Å²) in [7, 11) is 0. The summed E-state index contributed by atoms with van der Waals surface area (Å²) in [4.78, 5) is 13.0. The molecule has 118 valence electrons. The predicted molar refractivity (Wildman–Crippen MR) is 85.7 cm³/mol. The molecule has 3 aromatic rings. The fourth-order valence-corrected chi connectivity index (χ4v) is 3.27. The highest BCUT2D eigenvalue weighted by molar-refractivity contribution is 6.33. The van der Waals surface area contributed by atoms with Crippen LogP contribution < -0.4 is 10.9 Å². The van der Waals surface area contributed by atoms with Crippen molar-refractivity contribution in [3.8, 4) is 5.69 Å². The number of fused-ring (bicyclic) bond motifs is 1. The molecule has 1 aromatic carbocycles. The highest BCUT2D eigenvalue weighted by atomic mass is 35.5. The zero-order chi connectivity index (χ0) is 16.0. The molecule has 23 heavy (non-hydrogen) atoms. The Morgan fingerprint density at radius 1 is 1.35 bits per heavy atom. The van der Waals surface area contributed by atoms with Crippen molar-refractivity contribution in [2.75, 3.05) is 6.54 Å². The van der Waals surface area contributed by atoms with E-state index in [1.165, 1.54) is 21.2 Å². The normalized spacial score (nSPS) is 17.9. The lowest BCUT2D eigenvalue weighted by Gasteiger charge is -2.17. The van der Waals surface area contributed by atoms with Crippen molar-refractivity contribution in [1.29, 1.82) is 0 Å². The second kappa shape index (κ2) is 5.47. The van der Waals surface area contributed by atoms with Gasteiger partial charge in [0.15, 0.2) is 5.82 Å². The predicted octanol–water partition coefficient (Wildman–Crippen LogP) is 2.70. The molecule has 1 aliphatic heterocycles. The van der Waals surface area contributed by atoms with Crippen molar-refractivity contribution in [2.45, 2.75) is 18.9 Å². The van der Waals surface area contributed by atoms with Crippen molar-refractivity contribution >= 4 is 17.1 Å². The van der Waals surface area contributed by atoms with Crippen LogP contribution in [0.25, 0.3) is 11.2 Å². The summed E-state index contributed by atoms with van der Waals surface area (Å²) < 4.78 is 16.6. The summed E-state index contributed by atoms with van der Waals surface area (Å²) in [6.07, 6.45) is 3.55. The van der Waals surface area contributed by atoms with E-state index in [0.717, 1.165) is 19.4 Å². The van der Waals surface area contributed by atoms with Gasteiger partial charge in [0, 0.05) is 6.20 Å². The van der Waals surface area contributed by atoms with Crippen molar-refractivity contribution < 1.29 is 4.39 Å². The molecule has 1 atom stereocenters. The van der Waals surface area contributed by atoms with Gasteiger partial charge >= 0.3 is 0 Å². The molecule has 0 unspecified atom stereocenters. The van der Waals surface area contributed by atoms with Crippen LogP contribution in [0.2, 0.25) is 5.02 Å². The van der Waals surface area contributed by atoms with Crippen molar-refractivity contribution in [2.24, 2.45) is 0 Å². The van der Waals surface area contributed by atoms with Gasteiger partial charge < -0.3 is 5.32 Å². The Morgan fingerprint density at radius 2 is 2.22 bits per heavy atom. The van der Waals surface area contributed by atoms with E-state index in [1.807, 2.05) is 0 Å². The highest BCUT2D eigenvalue weighted by Gasteiger charge is 2.25. The zero-order valence-electron chi connectivity index (χ0n) is 12.2. The number of hydrogen-bond donors (Lipinski definition) is 1. The minimum absolute atomic E-state index is 0.0449. The van der Waals surface area contributed by atoms with Crippen LogP contribution in [0.5, 0.6) is 0 Å². The molecule has 1 aliphatic rings. The number of benzene rings is 1. The number of aromatic nitrogens is 3. The van der Waals surface area contributed by atoms with Crippen LogP contribution in [-0.2, 0) is 0 Å². The summed E-state index contributed by atoms with van der Waals surface area (Å²) in [5.41, 5.74) is 0.438. The molecule has 2 aromatic heterocycles. The first kappa shape index (κ1) is 14.4. The molecule has 0 aliphatic carbocycles. The highest BCUT2D eigenvalue weighted by Crippen LogP contribution is 2.24. The Morgan fingerprint density at radius 3 is 2.96 bits per heavy atom. The quantitative estimate of drug-likeness (QED) is 0.785. The maximum atomic E-state index is 13.6. The molecule has 0 bridgehead atoms. The molecule has 1 saturated heterocycles. The summed E-state index contributed by atoms with van der Waals surface area (Å²) >= 11 is 6.12. The van der Waals surface area contributed by atoms with Gasteiger partial charge in [-0.3, -0.25) is 9.36 Å². The molecule has 0 spiro atoms. The average Bonchev–Trinajstić information content (AvgIpc) is 3.17. The monoisotopic (exact) mass is 332 g/mol. The van der Waals surface area contributed by atoms with Crippen LogP contribution in [-0.4, -0.2) is 20.7 Å². The van der Waals surface area contributed by atoms with Crippen LogP contribution >= 0.6 is 11.6 Å². The van der Waals surface area contributed by atoms with Gasteiger partial charge in [-0.15, -0.1) is 0 Å². The molecule has 5 nitrogen and oxygen atoms in total. The summed E-state index contributed by atoms with van der Waals surface area (Å²) in [5.74, 6) is 0.166. The van der Waals surface area contributed by atoms with Crippen LogP contribution in [0.4, 0.5) is 4.39 Å². The van der Waals surface area contributed by atoms with E-state index < -0.39 is 5.82 Å². The fourth-order valence-electron chi connectivity index (χ4n) is 3.04. The number of hydrogen-bond acceptors (Lipinski definition) is 3. The van der Waals surface area contributed by atoms with Gasteiger partial charge in [-0.05, 0) is 43.7 Å². The van der Waals surface area contributed by atoms with Crippen LogP contribution in [0, 0.1) is 5.82 Å². The molecule has 7 heteroatoms. The van der Waals surface area contributed by atoms with E-state index in [4.69, 9.17) is 11.6 Å². The average molecular weight is 333 g/mol. The largest absolute Gasteiger partial charge is 0.307 e. The van der Waals surface area contributed by atoms with E-state index in [9.17, 15) is 9.18 Å². The first-order valence-corrected chi connectivity index (χ1v) is 7.82. The van der Waals surface area contributed by atoms with E-state index in [2.05, 4.69) is 10.4 Å². The first-order valence-electron chi connectivity index (χ1n) is 7.44. The zero-order valence-corrected chi connectivity index (χ0v) is 12.9. The Bertz CT molecular complexity index is 943. The fraction of sp³-hybridized carbons (Fsp3) is 0.250. The van der Waals surface area contributed by atoms with E-state index >= 15 is 0 Å². The van der Waals surface area contributed by atoms with Crippen molar-refractivity contribution in [1.82, 2.24) is 19.5 Å². The van der Waals surface area contributed by atoms with Gasteiger partial charge in [-0.1, -0.05) is 17.7 Å². The Kier molecular flexibility index (Phi) is 3.43. The Hall–Kier alpha value is -2.18. The SMILES string of the molecule is O=c1c2c(Cl)ccn2nc([C@@H]2CCCN2)n1-c1cccc(F)c1. The Balaban J connectivity index is 2.06. The van der Waals surface area contributed by atoms with Gasteiger partial charge in [-0.25, -0.2) is 8.91 Å². The lowest BCUT2D eigenvalue weighted by atomic mass is 10.2. The topological polar surface area (TPSA) is 51.3 Å². The number of nitrogens with one attached hydrogen (secondary N) is 1. The van der Waals surface area contributed by atoms with E-state index in [1.54, 1.807) is 24.4 Å². The molecule has 4 rings (SSSR count). The van der Waals surface area contributed by atoms with Gasteiger partial charge in [0.2, 0.25) is 0 Å². The molecule has 0 amide bonds. The number of nitrogens with zero attached hydrogens (tertiary/aromatic N) is 3. The van der Waals surface area contributed by atoms with Crippen LogP contribution in [0.15, 0.2) is 41.3 Å². The van der Waals surface area contributed by atoms with Gasteiger partial charge in [0.05, 0.1) is 16.8 Å². The van der Waals surface area contributed by atoms with Crippen molar-refractivity contribution in [3.63, 3.8) is 0 Å². The second-order valence-electron chi connectivity index (χ2n) is 5.58. The summed E-state index contributed by atoms with van der Waals surface area (Å²) in [5, 5.41) is 8.22. The van der Waals surface area contributed by atoms with Gasteiger partial charge in [0.1, 0.15) is 11.3 Å². The third-order valence-corrected chi connectivity index (χ3v) is 4.41. The number of rotatable bonds is 2. The minimum Gasteiger partial charge on any atom is -0.307 e.